The number of carbonyl (C=O) groups is 2. The fraction of sp³-hybridized carbons (Fsp3) is 0.211. The molecule has 0 bridgehead atoms. The summed E-state index contributed by atoms with van der Waals surface area (Å²) < 4.78 is 0. The lowest BCUT2D eigenvalue weighted by Gasteiger charge is -2.19. The van der Waals surface area contributed by atoms with E-state index in [0.717, 1.165) is 60.4 Å². The maximum absolute atomic E-state index is 12.3. The van der Waals surface area contributed by atoms with E-state index < -0.39 is 11.9 Å². The van der Waals surface area contributed by atoms with Crippen LogP contribution >= 0.6 is 0 Å². The second kappa shape index (κ2) is 13.2. The van der Waals surface area contributed by atoms with Crippen LogP contribution in [0.4, 0.5) is 11.4 Å². The molecule has 2 aromatic heterocycles. The number of fused-ring (bicyclic) bond motifs is 2. The Kier molecular flexibility index (Phi) is 8.79. The van der Waals surface area contributed by atoms with Gasteiger partial charge in [-0.15, -0.1) is 0 Å². The minimum Gasteiger partial charge on any atom is -0.339 e. The molecule has 0 spiro atoms. The van der Waals surface area contributed by atoms with Gasteiger partial charge >= 0.3 is 11.9 Å². The maximum Gasteiger partial charge on any atom is 0.355 e. The minimum atomic E-state index is -0.756. The van der Waals surface area contributed by atoms with Gasteiger partial charge in [-0.05, 0) is 134 Å². The summed E-state index contributed by atoms with van der Waals surface area (Å²) in [6.45, 7) is 8.51. The third-order valence-corrected chi connectivity index (χ3v) is 8.32. The van der Waals surface area contributed by atoms with Gasteiger partial charge in [0, 0.05) is 24.5 Å². The van der Waals surface area contributed by atoms with E-state index in [4.69, 9.17) is 9.68 Å². The summed E-state index contributed by atoms with van der Waals surface area (Å²) in [6.07, 6.45) is 13.3. The molecule has 2 aromatic carbocycles. The molecule has 0 radical (unpaired) electrons. The van der Waals surface area contributed by atoms with Crippen molar-refractivity contribution < 1.29 is 19.3 Å². The number of rotatable bonds is 8. The Labute approximate surface area is 268 Å². The molecule has 0 aliphatic heterocycles. The molecule has 4 aromatic rings. The van der Waals surface area contributed by atoms with E-state index in [1.54, 1.807) is 24.5 Å². The number of hydrogen-bond donors (Lipinski definition) is 2. The number of allylic oxidation sites excluding steroid dienone is 2. The Bertz CT molecular complexity index is 1800. The summed E-state index contributed by atoms with van der Waals surface area (Å²) in [6, 6.07) is 15.9. The van der Waals surface area contributed by atoms with Gasteiger partial charge in [0.2, 0.25) is 0 Å². The zero-order valence-electron chi connectivity index (χ0n) is 26.4. The van der Waals surface area contributed by atoms with Crippen LogP contribution in [0.25, 0.3) is 23.3 Å². The quantitative estimate of drug-likeness (QED) is 0.154. The van der Waals surface area contributed by atoms with E-state index in [1.165, 1.54) is 44.5 Å². The highest BCUT2D eigenvalue weighted by atomic mass is 16.7. The van der Waals surface area contributed by atoms with E-state index >= 15 is 0 Å². The van der Waals surface area contributed by atoms with Gasteiger partial charge in [0.05, 0.1) is 22.8 Å². The fourth-order valence-electron chi connectivity index (χ4n) is 6.21. The number of carbonyl (C=O) groups excluding carboxylic acids is 2. The highest BCUT2D eigenvalue weighted by molar-refractivity contribution is 5.92. The van der Waals surface area contributed by atoms with Crippen LogP contribution in [0.15, 0.2) is 73.1 Å². The molecular weight excluding hydrogens is 576 g/mol. The Morgan fingerprint density at radius 2 is 1.07 bits per heavy atom. The van der Waals surface area contributed by atoms with Crippen molar-refractivity contribution in [3.05, 3.63) is 129 Å². The number of aryl methyl sites for hydroxylation is 4. The van der Waals surface area contributed by atoms with Crippen LogP contribution < -0.4 is 11.0 Å². The maximum atomic E-state index is 12.3. The van der Waals surface area contributed by atoms with Gasteiger partial charge in [-0.25, -0.2) is 20.5 Å². The second-order valence-electron chi connectivity index (χ2n) is 11.9. The lowest BCUT2D eigenvalue weighted by atomic mass is 9.87. The third kappa shape index (κ3) is 7.07. The summed E-state index contributed by atoms with van der Waals surface area (Å²) in [4.78, 5) is 43.9. The number of anilines is 2. The first-order valence-corrected chi connectivity index (χ1v) is 15.4. The SMILES string of the molecule is Cc1cc(C)c2c(c1)C=C(c1cc(NOC(=O)/C=C/C(=O)ONc3ccnc(C4=Cc5cc(C)cc(C)c5CC4)c3)ccn1)CC2. The van der Waals surface area contributed by atoms with Crippen LogP contribution in [0.5, 0.6) is 0 Å². The Morgan fingerprint density at radius 1 is 0.630 bits per heavy atom. The van der Waals surface area contributed by atoms with Crippen molar-refractivity contribution in [1.29, 1.82) is 0 Å². The molecule has 2 aliphatic carbocycles. The lowest BCUT2D eigenvalue weighted by Crippen LogP contribution is -2.11. The topological polar surface area (TPSA) is 102 Å². The van der Waals surface area contributed by atoms with Gasteiger partial charge < -0.3 is 9.68 Å². The summed E-state index contributed by atoms with van der Waals surface area (Å²) >= 11 is 0. The molecule has 2 heterocycles. The smallest absolute Gasteiger partial charge is 0.339 e. The minimum absolute atomic E-state index is 0.568. The normalized spacial score (nSPS) is 13.7. The molecule has 6 rings (SSSR count). The van der Waals surface area contributed by atoms with Gasteiger partial charge in [-0.2, -0.15) is 0 Å². The summed E-state index contributed by atoms with van der Waals surface area (Å²) in [7, 11) is 0. The predicted octanol–water partition coefficient (Wildman–Crippen LogP) is 7.68. The van der Waals surface area contributed by atoms with Crippen molar-refractivity contribution in [3.8, 4) is 0 Å². The van der Waals surface area contributed by atoms with Gasteiger partial charge in [0.1, 0.15) is 0 Å². The molecule has 0 unspecified atom stereocenters. The molecule has 0 saturated carbocycles. The van der Waals surface area contributed by atoms with E-state index in [9.17, 15) is 9.59 Å². The molecule has 0 atom stereocenters. The first kappa shape index (κ1) is 30.5. The van der Waals surface area contributed by atoms with Gasteiger partial charge in [-0.3, -0.25) is 9.97 Å². The molecular formula is C38H36N4O4. The largest absolute Gasteiger partial charge is 0.355 e. The number of nitrogens with one attached hydrogen (secondary N) is 2. The number of hydrogen-bond acceptors (Lipinski definition) is 8. The van der Waals surface area contributed by atoms with Crippen molar-refractivity contribution in [2.45, 2.75) is 53.4 Å². The molecule has 2 N–H and O–H groups in total. The predicted molar refractivity (Wildman–Crippen MR) is 181 cm³/mol. The van der Waals surface area contributed by atoms with E-state index in [0.29, 0.717) is 11.4 Å². The first-order chi connectivity index (χ1) is 22.2. The zero-order chi connectivity index (χ0) is 32.2. The van der Waals surface area contributed by atoms with E-state index in [2.05, 4.69) is 85.0 Å². The molecule has 232 valence electrons. The number of aromatic nitrogens is 2. The molecule has 0 fully saturated rings. The molecule has 8 nitrogen and oxygen atoms in total. The molecule has 8 heteroatoms. The van der Waals surface area contributed by atoms with Crippen molar-refractivity contribution in [2.75, 3.05) is 11.0 Å². The average Bonchev–Trinajstić information content (AvgIpc) is 3.05. The van der Waals surface area contributed by atoms with Crippen LogP contribution in [0, 0.1) is 27.7 Å². The molecule has 2 aliphatic rings. The first-order valence-electron chi connectivity index (χ1n) is 15.4. The monoisotopic (exact) mass is 612 g/mol. The zero-order valence-corrected chi connectivity index (χ0v) is 26.4. The molecule has 0 saturated heterocycles. The van der Waals surface area contributed by atoms with Crippen molar-refractivity contribution in [2.24, 2.45) is 0 Å². The molecule has 0 amide bonds. The Balaban J connectivity index is 1.01. The summed E-state index contributed by atoms with van der Waals surface area (Å²) in [5.41, 5.74) is 20.6. The number of nitrogens with zero attached hydrogens (tertiary/aromatic N) is 2. The second-order valence-corrected chi connectivity index (χ2v) is 11.9. The van der Waals surface area contributed by atoms with Crippen LogP contribution in [-0.2, 0) is 32.1 Å². The lowest BCUT2D eigenvalue weighted by molar-refractivity contribution is -0.137. The number of pyridine rings is 2. The summed E-state index contributed by atoms with van der Waals surface area (Å²) in [5, 5.41) is 0. The highest BCUT2D eigenvalue weighted by Gasteiger charge is 2.17. The van der Waals surface area contributed by atoms with Crippen molar-refractivity contribution in [3.63, 3.8) is 0 Å². The van der Waals surface area contributed by atoms with Crippen molar-refractivity contribution >= 4 is 46.6 Å². The van der Waals surface area contributed by atoms with Crippen LogP contribution in [0.3, 0.4) is 0 Å². The Hall–Kier alpha value is -5.50. The van der Waals surface area contributed by atoms with Crippen molar-refractivity contribution in [1.82, 2.24) is 9.97 Å². The Morgan fingerprint density at radius 3 is 1.50 bits per heavy atom. The summed E-state index contributed by atoms with van der Waals surface area (Å²) in [5.74, 6) is -1.51. The van der Waals surface area contributed by atoms with Gasteiger partial charge in [-0.1, -0.05) is 35.4 Å². The third-order valence-electron chi connectivity index (χ3n) is 8.32. The van der Waals surface area contributed by atoms with E-state index in [1.807, 2.05) is 12.1 Å². The van der Waals surface area contributed by atoms with Crippen LogP contribution in [-0.4, -0.2) is 21.9 Å². The average molecular weight is 613 g/mol. The standard InChI is InChI=1S/C38H36N4O4/c1-23-15-25(3)33-7-5-27(19-29(33)17-23)35-21-31(11-13-39-35)41-45-37(43)9-10-38(44)46-42-32-12-14-40-36(22-32)28-6-8-34-26(4)16-24(2)18-30(34)20-28/h9-22H,5-8H2,1-4H3,(H,39,41)(H,40,42)/b10-9+. The van der Waals surface area contributed by atoms with Crippen LogP contribution in [0.2, 0.25) is 0 Å². The number of benzene rings is 2. The van der Waals surface area contributed by atoms with Gasteiger partial charge in [0.15, 0.2) is 0 Å². The van der Waals surface area contributed by atoms with Crippen LogP contribution in [0.1, 0.15) is 68.7 Å². The van der Waals surface area contributed by atoms with E-state index in [-0.39, 0.29) is 0 Å². The van der Waals surface area contributed by atoms with Gasteiger partial charge in [0.25, 0.3) is 0 Å². The molecule has 46 heavy (non-hydrogen) atoms. The highest BCUT2D eigenvalue weighted by Crippen LogP contribution is 2.34. The fourth-order valence-corrected chi connectivity index (χ4v) is 6.21.